The van der Waals surface area contributed by atoms with Gasteiger partial charge in [0, 0.05) is 12.1 Å². The number of pyridine rings is 1. The molecule has 28 heavy (non-hydrogen) atoms. The van der Waals surface area contributed by atoms with Crippen molar-refractivity contribution in [3.8, 4) is 5.88 Å². The van der Waals surface area contributed by atoms with Gasteiger partial charge in [-0.25, -0.2) is 13.4 Å². The highest BCUT2D eigenvalue weighted by atomic mass is 35.5. The van der Waals surface area contributed by atoms with E-state index < -0.39 is 10.0 Å². The minimum absolute atomic E-state index is 0. The highest BCUT2D eigenvalue weighted by Gasteiger charge is 2.17. The Balaban J connectivity index is 0.00000280. The first-order valence-electron chi connectivity index (χ1n) is 9.32. The molecule has 0 radical (unpaired) electrons. The fourth-order valence-electron chi connectivity index (χ4n) is 3.05. The van der Waals surface area contributed by atoms with E-state index in [-0.39, 0.29) is 17.3 Å². The molecule has 1 atom stereocenters. The first kappa shape index (κ1) is 22.5. The van der Waals surface area contributed by atoms with E-state index in [2.05, 4.69) is 28.9 Å². The maximum Gasteiger partial charge on any atom is 0.261 e. The number of halogens is 1. The summed E-state index contributed by atoms with van der Waals surface area (Å²) < 4.78 is 33.6. The molecule has 0 unspecified atom stereocenters. The standard InChI is InChI=1S/C20H27N3O3S.ClH/c1-14(2)16-6-8-18(9-7-16)27(24,25)23-19-10-11-20(22-15(19)3)26-13-17-5-4-12-21-17;/h6-11,14,17,21,23H,4-5,12-13H2,1-3H3;1H/t17-;/m1./s1. The molecule has 1 aromatic carbocycles. The van der Waals surface area contributed by atoms with Crippen molar-refractivity contribution >= 4 is 28.1 Å². The van der Waals surface area contributed by atoms with Crippen LogP contribution in [0.5, 0.6) is 5.88 Å². The lowest BCUT2D eigenvalue weighted by molar-refractivity contribution is 0.267. The highest BCUT2D eigenvalue weighted by molar-refractivity contribution is 7.92. The Kier molecular flexibility index (Phi) is 7.69. The summed E-state index contributed by atoms with van der Waals surface area (Å²) in [7, 11) is -3.66. The number of rotatable bonds is 7. The minimum Gasteiger partial charge on any atom is -0.476 e. The Morgan fingerprint density at radius 1 is 1.21 bits per heavy atom. The second-order valence-corrected chi connectivity index (χ2v) is 8.90. The van der Waals surface area contributed by atoms with Crippen LogP contribution in [-0.2, 0) is 10.0 Å². The molecular weight excluding hydrogens is 398 g/mol. The van der Waals surface area contributed by atoms with Crippen LogP contribution < -0.4 is 14.8 Å². The third-order valence-electron chi connectivity index (χ3n) is 4.76. The second-order valence-electron chi connectivity index (χ2n) is 7.22. The van der Waals surface area contributed by atoms with Crippen LogP contribution in [0.25, 0.3) is 0 Å². The molecule has 0 amide bonds. The lowest BCUT2D eigenvalue weighted by Crippen LogP contribution is -2.28. The van der Waals surface area contributed by atoms with E-state index >= 15 is 0 Å². The molecule has 2 heterocycles. The van der Waals surface area contributed by atoms with Crippen LogP contribution in [-0.4, -0.2) is 32.6 Å². The third-order valence-corrected chi connectivity index (χ3v) is 6.14. The zero-order chi connectivity index (χ0) is 19.4. The van der Waals surface area contributed by atoms with E-state index in [0.29, 0.717) is 35.8 Å². The maximum absolute atomic E-state index is 12.6. The number of ether oxygens (including phenoxy) is 1. The molecule has 0 aliphatic carbocycles. The number of benzene rings is 1. The van der Waals surface area contributed by atoms with Gasteiger partial charge in [-0.1, -0.05) is 26.0 Å². The summed E-state index contributed by atoms with van der Waals surface area (Å²) in [6.45, 7) is 7.51. The smallest absolute Gasteiger partial charge is 0.261 e. The summed E-state index contributed by atoms with van der Waals surface area (Å²) in [5, 5.41) is 3.37. The van der Waals surface area contributed by atoms with Gasteiger partial charge in [0.05, 0.1) is 16.3 Å². The normalized spacial score (nSPS) is 16.6. The van der Waals surface area contributed by atoms with Gasteiger partial charge in [0.2, 0.25) is 5.88 Å². The lowest BCUT2D eigenvalue weighted by Gasteiger charge is -2.14. The summed E-state index contributed by atoms with van der Waals surface area (Å²) in [6, 6.07) is 10.7. The van der Waals surface area contributed by atoms with E-state index in [1.165, 1.54) is 6.42 Å². The van der Waals surface area contributed by atoms with Crippen molar-refractivity contribution in [2.24, 2.45) is 0 Å². The van der Waals surface area contributed by atoms with Crippen molar-refractivity contribution in [3.63, 3.8) is 0 Å². The Morgan fingerprint density at radius 2 is 1.93 bits per heavy atom. The lowest BCUT2D eigenvalue weighted by atomic mass is 10.0. The van der Waals surface area contributed by atoms with E-state index in [9.17, 15) is 8.42 Å². The average molecular weight is 426 g/mol. The van der Waals surface area contributed by atoms with E-state index in [4.69, 9.17) is 4.74 Å². The fourth-order valence-corrected chi connectivity index (χ4v) is 4.16. The molecule has 0 bridgehead atoms. The largest absolute Gasteiger partial charge is 0.476 e. The van der Waals surface area contributed by atoms with Gasteiger partial charge in [-0.3, -0.25) is 4.72 Å². The predicted octanol–water partition coefficient (Wildman–Crippen LogP) is 3.87. The summed E-state index contributed by atoms with van der Waals surface area (Å²) in [5.41, 5.74) is 2.13. The zero-order valence-electron chi connectivity index (χ0n) is 16.4. The van der Waals surface area contributed by atoms with Crippen LogP contribution in [0.2, 0.25) is 0 Å². The zero-order valence-corrected chi connectivity index (χ0v) is 18.1. The topological polar surface area (TPSA) is 80.3 Å². The van der Waals surface area contributed by atoms with Gasteiger partial charge >= 0.3 is 0 Å². The molecule has 8 heteroatoms. The number of sulfonamides is 1. The fraction of sp³-hybridized carbons (Fsp3) is 0.450. The van der Waals surface area contributed by atoms with E-state index in [0.717, 1.165) is 18.5 Å². The van der Waals surface area contributed by atoms with Gasteiger partial charge in [-0.05, 0) is 56.0 Å². The summed E-state index contributed by atoms with van der Waals surface area (Å²) in [4.78, 5) is 4.61. The minimum atomic E-state index is -3.66. The van der Waals surface area contributed by atoms with Gasteiger partial charge in [0.15, 0.2) is 0 Å². The SMILES string of the molecule is Cc1nc(OC[C@H]2CCCN2)ccc1NS(=O)(=O)c1ccc(C(C)C)cc1.Cl. The van der Waals surface area contributed by atoms with Crippen LogP contribution in [0.1, 0.15) is 43.9 Å². The number of hydrogen-bond donors (Lipinski definition) is 2. The number of aromatic nitrogens is 1. The molecule has 1 fully saturated rings. The van der Waals surface area contributed by atoms with Gasteiger partial charge in [0.25, 0.3) is 10.0 Å². The molecule has 1 aliphatic rings. The number of aryl methyl sites for hydroxylation is 1. The quantitative estimate of drug-likeness (QED) is 0.703. The van der Waals surface area contributed by atoms with Crippen LogP contribution in [0.15, 0.2) is 41.3 Å². The molecule has 1 aromatic heterocycles. The summed E-state index contributed by atoms with van der Waals surface area (Å²) in [5.74, 6) is 0.860. The number of hydrogen-bond acceptors (Lipinski definition) is 5. The van der Waals surface area contributed by atoms with E-state index in [1.807, 2.05) is 12.1 Å². The molecule has 2 N–H and O–H groups in total. The number of anilines is 1. The molecule has 2 aromatic rings. The highest BCUT2D eigenvalue weighted by Crippen LogP contribution is 2.23. The Labute approximate surface area is 173 Å². The molecule has 1 aliphatic heterocycles. The van der Waals surface area contributed by atoms with Crippen molar-refractivity contribution in [1.82, 2.24) is 10.3 Å². The molecular formula is C20H28ClN3O3S. The van der Waals surface area contributed by atoms with Gasteiger partial charge in [-0.15, -0.1) is 12.4 Å². The summed E-state index contributed by atoms with van der Waals surface area (Å²) >= 11 is 0. The number of nitrogens with zero attached hydrogens (tertiary/aromatic N) is 1. The first-order valence-corrected chi connectivity index (χ1v) is 10.8. The molecule has 0 saturated carbocycles. The molecule has 0 spiro atoms. The van der Waals surface area contributed by atoms with E-state index in [1.54, 1.807) is 31.2 Å². The molecule has 1 saturated heterocycles. The maximum atomic E-state index is 12.6. The van der Waals surface area contributed by atoms with Gasteiger partial charge in [-0.2, -0.15) is 0 Å². The van der Waals surface area contributed by atoms with Crippen LogP contribution >= 0.6 is 12.4 Å². The third kappa shape index (κ3) is 5.59. The molecule has 6 nitrogen and oxygen atoms in total. The van der Waals surface area contributed by atoms with Crippen LogP contribution in [0, 0.1) is 6.92 Å². The van der Waals surface area contributed by atoms with Crippen molar-refractivity contribution < 1.29 is 13.2 Å². The second kappa shape index (κ2) is 9.58. The van der Waals surface area contributed by atoms with Crippen molar-refractivity contribution in [2.45, 2.75) is 50.5 Å². The van der Waals surface area contributed by atoms with Crippen LogP contribution in [0.3, 0.4) is 0 Å². The average Bonchev–Trinajstić information content (AvgIpc) is 3.15. The van der Waals surface area contributed by atoms with Crippen molar-refractivity contribution in [2.75, 3.05) is 17.9 Å². The first-order chi connectivity index (χ1) is 12.8. The monoisotopic (exact) mass is 425 g/mol. The Morgan fingerprint density at radius 3 is 2.50 bits per heavy atom. The number of nitrogens with one attached hydrogen (secondary N) is 2. The summed E-state index contributed by atoms with van der Waals surface area (Å²) in [6.07, 6.45) is 2.27. The Bertz CT molecular complexity index is 880. The Hall–Kier alpha value is -1.83. The van der Waals surface area contributed by atoms with Crippen molar-refractivity contribution in [1.29, 1.82) is 0 Å². The predicted molar refractivity (Wildman–Crippen MR) is 114 cm³/mol. The molecule has 154 valence electrons. The van der Waals surface area contributed by atoms with Gasteiger partial charge < -0.3 is 10.1 Å². The van der Waals surface area contributed by atoms with Gasteiger partial charge in [0.1, 0.15) is 6.61 Å². The van der Waals surface area contributed by atoms with Crippen LogP contribution in [0.4, 0.5) is 5.69 Å². The molecule has 3 rings (SSSR count). The van der Waals surface area contributed by atoms with Crippen molar-refractivity contribution in [3.05, 3.63) is 47.7 Å².